The topological polar surface area (TPSA) is 424 Å². The van der Waals surface area contributed by atoms with Gasteiger partial charge in [-0.3, -0.25) is 0 Å². The predicted molar refractivity (Wildman–Crippen MR) is 407 cm³/mol. The highest BCUT2D eigenvalue weighted by Gasteiger charge is 2.52. The zero-order valence-corrected chi connectivity index (χ0v) is 72.6. The fraction of sp³-hybridized carbons (Fsp3) is 1.00. The van der Waals surface area contributed by atoms with Gasteiger partial charge in [-0.25, -0.2) is 0 Å². The molecule has 0 radical (unpaired) electrons. The summed E-state index contributed by atoms with van der Waals surface area (Å²) in [5.41, 5.74) is 0. The third-order valence-electron chi connectivity index (χ3n) is 20.0. The molecule has 0 saturated carbocycles. The van der Waals surface area contributed by atoms with E-state index in [9.17, 15) is 30.6 Å². The number of hydrogen-bond acceptors (Lipinski definition) is 34. The van der Waals surface area contributed by atoms with Crippen LogP contribution in [0.2, 0.25) is 0 Å². The standard InChI is InChI=1S/C13H26O6.C13H26O4.C12H22O4.C11H22O6.C11H22O4.C10H18O6.C8H18O4/c1-13(2)18-11(9(16-5)7-14-3)12(19-13)10(17-6)8-15-4;1-9(7-14-5)11-12(10(2)8-15-6)17-13(3,4)16-11;1-7-5-13-9(3)15-11(7)12-8(2)6-14-10(4)16-12;1-11(2)16-9(7(12)5-14-3)10(17-11)8(13)6-15-4;1-7(5-12)9-10(8(2)6-13)15-11(3,4)14-9;1-5-13-3-7(11)9(15-5)10-8(12)4-14-6(2)16-10;1-5(3-9)7(11)8(12)6(2)4-10/h9-12H,7-8H2,1-6H3;9-12H,7-8H2,1-6H3;7-12H,5-6H2,1-4H3;7-10,12-13H,5-6H2,1-4H3;7-10,12-13H,5-6H2,1-4H3;5-12H,3-4H2,1-2H3;5-12H,3-4H2,1-2H3. The van der Waals surface area contributed by atoms with Crippen LogP contribution in [0.15, 0.2) is 0 Å². The molecule has 8 rings (SSSR count). The molecule has 0 aromatic rings. The van der Waals surface area contributed by atoms with Crippen LogP contribution in [0.4, 0.5) is 0 Å². The first-order valence-corrected chi connectivity index (χ1v) is 39.4. The molecule has 8 saturated heterocycles. The van der Waals surface area contributed by atoms with Crippen molar-refractivity contribution in [2.75, 3.05) is 149 Å². The number of ether oxygens (including phenoxy) is 24. The van der Waals surface area contributed by atoms with Crippen molar-refractivity contribution in [1.29, 1.82) is 0 Å². The third-order valence-corrected chi connectivity index (χ3v) is 20.0. The number of rotatable bonds is 31. The van der Waals surface area contributed by atoms with Crippen LogP contribution >= 0.6 is 0 Å². The van der Waals surface area contributed by atoms with Crippen molar-refractivity contribution >= 4 is 0 Å². The zero-order chi connectivity index (χ0) is 85.3. The minimum absolute atomic E-state index is 0.0192. The summed E-state index contributed by atoms with van der Waals surface area (Å²) in [6.45, 7) is 42.0. The normalized spacial score (nSPS) is 35.7. The van der Waals surface area contributed by atoms with Crippen LogP contribution in [0.3, 0.4) is 0 Å². The number of methoxy groups -OCH3 is 8. The van der Waals surface area contributed by atoms with E-state index in [2.05, 4.69) is 27.7 Å². The Kier molecular flexibility index (Phi) is 50.2. The Hall–Kier alpha value is -1.36. The minimum Gasteiger partial charge on any atom is -0.396 e. The monoisotopic (exact) mass is 1640 g/mol. The molecule has 8 fully saturated rings. The maximum absolute atomic E-state index is 9.89. The fourth-order valence-electron chi connectivity index (χ4n) is 13.8. The van der Waals surface area contributed by atoms with Gasteiger partial charge in [0, 0.05) is 131 Å². The summed E-state index contributed by atoms with van der Waals surface area (Å²) in [7, 11) is 12.9. The van der Waals surface area contributed by atoms with Gasteiger partial charge < -0.3 is 165 Å². The lowest BCUT2D eigenvalue weighted by molar-refractivity contribution is -0.320. The lowest BCUT2D eigenvalue weighted by Gasteiger charge is -2.43. The second-order valence-electron chi connectivity index (χ2n) is 32.3. The van der Waals surface area contributed by atoms with E-state index in [0.29, 0.717) is 50.1 Å². The van der Waals surface area contributed by atoms with Gasteiger partial charge in [-0.15, -0.1) is 0 Å². The van der Waals surface area contributed by atoms with Crippen LogP contribution in [0.5, 0.6) is 0 Å². The highest BCUT2D eigenvalue weighted by atomic mass is 16.8. The SMILES string of the molecule is CC(CO)C(O)C(O)C(C)CO.CC(CO)C1OC(C)(C)OC1C(C)CO.CC1OCC(C)C(C2OC(C)OCC2C)O1.CC1OCC(O)C(C2OC(C)OCC2O)O1.COCC(C)C1OC(C)(C)OC1C(C)COC.COCC(O)C1OC(C)(C)OC1C(O)COC.COCC(OC)C1OC(C)(C)OC1C(COC)OC. The average Bonchev–Trinajstić information content (AvgIpc) is 1.71. The first kappa shape index (κ1) is 107. The first-order valence-electron chi connectivity index (χ1n) is 39.4. The zero-order valence-electron chi connectivity index (χ0n) is 72.6. The number of aliphatic hydroxyl groups excluding tert-OH is 10. The molecule has 112 heavy (non-hydrogen) atoms. The van der Waals surface area contributed by atoms with Gasteiger partial charge >= 0.3 is 0 Å². The Balaban J connectivity index is 0.000000445. The van der Waals surface area contributed by atoms with Crippen molar-refractivity contribution in [3.8, 4) is 0 Å². The van der Waals surface area contributed by atoms with Crippen molar-refractivity contribution in [2.24, 2.45) is 47.3 Å². The second kappa shape index (κ2) is 52.7. The molecule has 32 unspecified atom stereocenters. The molecule has 32 atom stereocenters. The van der Waals surface area contributed by atoms with Gasteiger partial charge in [-0.05, 0) is 83.1 Å². The molecule has 8 aliphatic rings. The van der Waals surface area contributed by atoms with Crippen LogP contribution in [0.1, 0.15) is 138 Å². The van der Waals surface area contributed by atoms with Gasteiger partial charge in [0.1, 0.15) is 73.2 Å². The molecule has 0 bridgehead atoms. The molecule has 34 heteroatoms. The minimum atomic E-state index is -0.975. The van der Waals surface area contributed by atoms with Crippen molar-refractivity contribution in [3.63, 3.8) is 0 Å². The quantitative estimate of drug-likeness (QED) is 0.0476. The molecule has 0 spiro atoms. The summed E-state index contributed by atoms with van der Waals surface area (Å²) >= 11 is 0. The molecule has 0 aromatic carbocycles. The maximum Gasteiger partial charge on any atom is 0.164 e. The Morgan fingerprint density at radius 3 is 0.804 bits per heavy atom. The second-order valence-corrected chi connectivity index (χ2v) is 32.3. The molecule has 34 nitrogen and oxygen atoms in total. The third kappa shape index (κ3) is 35.4. The number of aliphatic hydroxyl groups is 10. The van der Waals surface area contributed by atoms with E-state index in [4.69, 9.17) is 134 Å². The van der Waals surface area contributed by atoms with Crippen LogP contribution in [-0.4, -0.2) is 371 Å². The summed E-state index contributed by atoms with van der Waals surface area (Å²) in [6, 6.07) is 0. The van der Waals surface area contributed by atoms with Crippen LogP contribution < -0.4 is 0 Å². The van der Waals surface area contributed by atoms with Gasteiger partial charge in [0.15, 0.2) is 48.3 Å². The molecule has 8 aliphatic heterocycles. The van der Waals surface area contributed by atoms with E-state index in [1.54, 1.807) is 84.2 Å². The molecule has 8 heterocycles. The van der Waals surface area contributed by atoms with Gasteiger partial charge in [-0.1, -0.05) is 55.4 Å². The van der Waals surface area contributed by atoms with Crippen molar-refractivity contribution in [2.45, 2.75) is 309 Å². The van der Waals surface area contributed by atoms with E-state index in [-0.39, 0.29) is 150 Å². The lowest BCUT2D eigenvalue weighted by atomic mass is 9.91. The van der Waals surface area contributed by atoms with Crippen LogP contribution in [-0.2, 0) is 114 Å². The van der Waals surface area contributed by atoms with E-state index >= 15 is 0 Å². The predicted octanol–water partition coefficient (Wildman–Crippen LogP) is 3.16. The molecule has 670 valence electrons. The molecule has 0 amide bonds. The summed E-state index contributed by atoms with van der Waals surface area (Å²) < 4.78 is 132. The van der Waals surface area contributed by atoms with E-state index < -0.39 is 96.8 Å². The highest BCUT2D eigenvalue weighted by molar-refractivity contribution is 4.95. The van der Waals surface area contributed by atoms with Gasteiger partial charge in [0.2, 0.25) is 0 Å². The summed E-state index contributed by atoms with van der Waals surface area (Å²) in [6.07, 6.45) is -9.60. The van der Waals surface area contributed by atoms with Gasteiger partial charge in [0.05, 0.1) is 115 Å². The average molecular weight is 1640 g/mol. The maximum atomic E-state index is 9.89. The molecular weight excluding hydrogens is 1480 g/mol. The molecule has 0 aliphatic carbocycles. The molecule has 10 N–H and O–H groups in total. The van der Waals surface area contributed by atoms with Crippen molar-refractivity contribution in [1.82, 2.24) is 0 Å². The van der Waals surface area contributed by atoms with Gasteiger partial charge in [-0.2, -0.15) is 0 Å². The Morgan fingerprint density at radius 1 is 0.312 bits per heavy atom. The smallest absolute Gasteiger partial charge is 0.164 e. The fourth-order valence-corrected chi connectivity index (χ4v) is 13.8. The number of hydrogen-bond donors (Lipinski definition) is 10. The van der Waals surface area contributed by atoms with E-state index in [1.165, 1.54) is 14.2 Å². The van der Waals surface area contributed by atoms with Gasteiger partial charge in [0.25, 0.3) is 0 Å². The summed E-state index contributed by atoms with van der Waals surface area (Å²) in [5, 5.41) is 93.7. The van der Waals surface area contributed by atoms with Crippen LogP contribution in [0.25, 0.3) is 0 Å². The molecule has 0 aromatic heterocycles. The highest BCUT2D eigenvalue weighted by Crippen LogP contribution is 2.39. The Labute approximate surface area is 667 Å². The van der Waals surface area contributed by atoms with Crippen molar-refractivity contribution in [3.05, 3.63) is 0 Å². The largest absolute Gasteiger partial charge is 0.396 e. The van der Waals surface area contributed by atoms with E-state index in [0.717, 1.165) is 13.2 Å². The molecular formula is C78H154O34. The lowest BCUT2D eigenvalue weighted by Crippen LogP contribution is -2.57. The summed E-state index contributed by atoms with van der Waals surface area (Å²) in [5.74, 6) is -1.98. The van der Waals surface area contributed by atoms with Crippen molar-refractivity contribution < 1.29 is 165 Å². The Morgan fingerprint density at radius 2 is 0.554 bits per heavy atom. The summed E-state index contributed by atoms with van der Waals surface area (Å²) in [4.78, 5) is 0. The first-order chi connectivity index (χ1) is 52.4. The Bertz CT molecular complexity index is 2150. The van der Waals surface area contributed by atoms with Crippen LogP contribution in [0, 0.1) is 47.3 Å². The van der Waals surface area contributed by atoms with E-state index in [1.807, 2.05) is 69.2 Å².